The molecule has 1 aliphatic heterocycles. The summed E-state index contributed by atoms with van der Waals surface area (Å²) < 4.78 is 11.1. The van der Waals surface area contributed by atoms with E-state index < -0.39 is 0 Å². The van der Waals surface area contributed by atoms with Gasteiger partial charge in [-0.15, -0.1) is 10.2 Å². The number of ether oxygens (including phenoxy) is 2. The Morgan fingerprint density at radius 1 is 0.778 bits per heavy atom. The summed E-state index contributed by atoms with van der Waals surface area (Å²) in [7, 11) is 0. The van der Waals surface area contributed by atoms with Crippen molar-refractivity contribution in [2.45, 2.75) is 0 Å². The number of urea groups is 1. The van der Waals surface area contributed by atoms with Crippen molar-refractivity contribution >= 4 is 29.0 Å². The second kappa shape index (κ2) is 7.61. The first-order valence-corrected chi connectivity index (χ1v) is 8.40. The maximum Gasteiger partial charge on any atom is 0.324 e. The van der Waals surface area contributed by atoms with Gasteiger partial charge in [0.25, 0.3) is 0 Å². The van der Waals surface area contributed by atoms with Gasteiger partial charge in [-0.3, -0.25) is 5.32 Å². The van der Waals surface area contributed by atoms with Crippen molar-refractivity contribution in [2.24, 2.45) is 0 Å². The third-order valence-corrected chi connectivity index (χ3v) is 3.75. The number of carbonyl (C=O) groups is 1. The average Bonchev–Trinajstić information content (AvgIpc) is 2.70. The summed E-state index contributed by atoms with van der Waals surface area (Å²) >= 11 is 0. The average molecular weight is 363 g/mol. The molecular formula is C19H17N5O3. The number of nitrogens with zero attached hydrogens (tertiary/aromatic N) is 2. The highest BCUT2D eigenvalue weighted by molar-refractivity contribution is 5.99. The smallest absolute Gasteiger partial charge is 0.324 e. The van der Waals surface area contributed by atoms with Crippen molar-refractivity contribution in [2.75, 3.05) is 29.2 Å². The number of hydrogen-bond donors (Lipinski definition) is 3. The van der Waals surface area contributed by atoms with E-state index in [-0.39, 0.29) is 6.03 Å². The zero-order valence-corrected chi connectivity index (χ0v) is 14.3. The van der Waals surface area contributed by atoms with Crippen LogP contribution >= 0.6 is 0 Å². The van der Waals surface area contributed by atoms with E-state index in [1.54, 1.807) is 24.3 Å². The standard InChI is InChI=1S/C19H17N5O3/c25-19(21-13-4-2-1-3-5-13)22-18-9-8-17(23-24-18)20-14-6-7-15-16(12-14)27-11-10-26-15/h1-9,12H,10-11H2,(H,20,23)(H2,21,22,24,25). The molecule has 2 aromatic carbocycles. The molecule has 1 aliphatic rings. The molecule has 2 heterocycles. The Morgan fingerprint density at radius 3 is 2.30 bits per heavy atom. The van der Waals surface area contributed by atoms with E-state index in [2.05, 4.69) is 26.1 Å². The molecule has 8 nitrogen and oxygen atoms in total. The number of hydrogen-bond acceptors (Lipinski definition) is 6. The van der Waals surface area contributed by atoms with Crippen molar-refractivity contribution in [1.29, 1.82) is 0 Å². The largest absolute Gasteiger partial charge is 0.486 e. The first-order valence-electron chi connectivity index (χ1n) is 8.40. The summed E-state index contributed by atoms with van der Waals surface area (Å²) in [6.45, 7) is 1.08. The number of aromatic nitrogens is 2. The van der Waals surface area contributed by atoms with Gasteiger partial charge in [-0.25, -0.2) is 4.79 Å². The fourth-order valence-electron chi connectivity index (χ4n) is 2.53. The first-order chi connectivity index (χ1) is 13.3. The van der Waals surface area contributed by atoms with Crippen LogP contribution in [0.25, 0.3) is 0 Å². The summed E-state index contributed by atoms with van der Waals surface area (Å²) in [4.78, 5) is 12.0. The summed E-state index contributed by atoms with van der Waals surface area (Å²) in [5.74, 6) is 2.30. The predicted octanol–water partition coefficient (Wildman–Crippen LogP) is 3.64. The number of nitrogens with one attached hydrogen (secondary N) is 3. The van der Waals surface area contributed by atoms with Crippen LogP contribution in [-0.2, 0) is 0 Å². The van der Waals surface area contributed by atoms with Gasteiger partial charge in [-0.1, -0.05) is 18.2 Å². The number of carbonyl (C=O) groups excluding carboxylic acids is 1. The van der Waals surface area contributed by atoms with Crippen molar-refractivity contribution in [3.8, 4) is 11.5 Å². The number of anilines is 4. The van der Waals surface area contributed by atoms with Gasteiger partial charge in [-0.05, 0) is 36.4 Å². The lowest BCUT2D eigenvalue weighted by atomic mass is 10.2. The van der Waals surface area contributed by atoms with Gasteiger partial charge >= 0.3 is 6.03 Å². The maximum absolute atomic E-state index is 12.0. The van der Waals surface area contributed by atoms with E-state index in [1.165, 1.54) is 0 Å². The van der Waals surface area contributed by atoms with Gasteiger partial charge < -0.3 is 20.1 Å². The van der Waals surface area contributed by atoms with Crippen LogP contribution in [0.3, 0.4) is 0 Å². The number of benzene rings is 2. The van der Waals surface area contributed by atoms with E-state index in [0.29, 0.717) is 36.3 Å². The molecule has 2 amide bonds. The Hall–Kier alpha value is -3.81. The van der Waals surface area contributed by atoms with Crippen LogP contribution in [0.5, 0.6) is 11.5 Å². The van der Waals surface area contributed by atoms with Gasteiger partial charge in [-0.2, -0.15) is 0 Å². The quantitative estimate of drug-likeness (QED) is 0.655. The highest BCUT2D eigenvalue weighted by Gasteiger charge is 2.12. The molecule has 0 radical (unpaired) electrons. The summed E-state index contributed by atoms with van der Waals surface area (Å²) in [5, 5.41) is 16.6. The Labute approximate surface area is 155 Å². The van der Waals surface area contributed by atoms with E-state index in [0.717, 1.165) is 11.4 Å². The molecule has 27 heavy (non-hydrogen) atoms. The normalized spacial score (nSPS) is 12.1. The van der Waals surface area contributed by atoms with Crippen molar-refractivity contribution in [3.63, 3.8) is 0 Å². The van der Waals surface area contributed by atoms with E-state index in [1.807, 2.05) is 36.4 Å². The fraction of sp³-hybridized carbons (Fsp3) is 0.105. The van der Waals surface area contributed by atoms with Crippen LogP contribution in [0.1, 0.15) is 0 Å². The minimum Gasteiger partial charge on any atom is -0.486 e. The molecule has 0 aliphatic carbocycles. The molecule has 3 aromatic rings. The van der Waals surface area contributed by atoms with Crippen molar-refractivity contribution < 1.29 is 14.3 Å². The van der Waals surface area contributed by atoms with Crippen molar-refractivity contribution in [3.05, 3.63) is 60.7 Å². The zero-order chi connectivity index (χ0) is 18.5. The maximum atomic E-state index is 12.0. The van der Waals surface area contributed by atoms with Gasteiger partial charge in [0.1, 0.15) is 13.2 Å². The highest BCUT2D eigenvalue weighted by Crippen LogP contribution is 2.33. The Balaban J connectivity index is 1.37. The minimum absolute atomic E-state index is 0.344. The first kappa shape index (κ1) is 16.6. The predicted molar refractivity (Wildman–Crippen MR) is 102 cm³/mol. The Bertz CT molecular complexity index is 932. The fourth-order valence-corrected chi connectivity index (χ4v) is 2.53. The van der Waals surface area contributed by atoms with E-state index in [9.17, 15) is 4.79 Å². The molecule has 0 fully saturated rings. The number of fused-ring (bicyclic) bond motifs is 1. The molecule has 4 rings (SSSR count). The highest BCUT2D eigenvalue weighted by atomic mass is 16.6. The van der Waals surface area contributed by atoms with Gasteiger partial charge in [0.15, 0.2) is 23.1 Å². The van der Waals surface area contributed by atoms with E-state index in [4.69, 9.17) is 9.47 Å². The van der Waals surface area contributed by atoms with Crippen LogP contribution < -0.4 is 25.4 Å². The second-order valence-corrected chi connectivity index (χ2v) is 5.73. The minimum atomic E-state index is -0.386. The molecule has 1 aromatic heterocycles. The number of para-hydroxylation sites is 1. The second-order valence-electron chi connectivity index (χ2n) is 5.73. The zero-order valence-electron chi connectivity index (χ0n) is 14.3. The van der Waals surface area contributed by atoms with Crippen LogP contribution in [0, 0.1) is 0 Å². The Morgan fingerprint density at radius 2 is 1.52 bits per heavy atom. The lowest BCUT2D eigenvalue weighted by molar-refractivity contribution is 0.171. The third-order valence-electron chi connectivity index (χ3n) is 3.75. The van der Waals surface area contributed by atoms with Gasteiger partial charge in [0, 0.05) is 17.4 Å². The van der Waals surface area contributed by atoms with Gasteiger partial charge in [0.05, 0.1) is 0 Å². The van der Waals surface area contributed by atoms with Crippen LogP contribution in [0.2, 0.25) is 0 Å². The van der Waals surface area contributed by atoms with Gasteiger partial charge in [0.2, 0.25) is 0 Å². The molecule has 0 atom stereocenters. The monoisotopic (exact) mass is 363 g/mol. The van der Waals surface area contributed by atoms with Crippen LogP contribution in [0.15, 0.2) is 60.7 Å². The Kier molecular flexibility index (Phi) is 4.69. The molecule has 0 saturated heterocycles. The van der Waals surface area contributed by atoms with Crippen LogP contribution in [0.4, 0.5) is 27.8 Å². The third kappa shape index (κ3) is 4.24. The molecule has 0 saturated carbocycles. The lowest BCUT2D eigenvalue weighted by Crippen LogP contribution is -2.20. The molecule has 0 unspecified atom stereocenters. The van der Waals surface area contributed by atoms with Crippen LogP contribution in [-0.4, -0.2) is 29.4 Å². The number of rotatable bonds is 4. The molecule has 0 spiro atoms. The summed E-state index contributed by atoms with van der Waals surface area (Å²) in [6, 6.07) is 17.7. The molecular weight excluding hydrogens is 346 g/mol. The van der Waals surface area contributed by atoms with E-state index >= 15 is 0 Å². The number of amides is 2. The summed E-state index contributed by atoms with van der Waals surface area (Å²) in [5.41, 5.74) is 1.50. The molecule has 0 bridgehead atoms. The lowest BCUT2D eigenvalue weighted by Gasteiger charge is -2.19. The molecule has 8 heteroatoms. The van der Waals surface area contributed by atoms with Crippen molar-refractivity contribution in [1.82, 2.24) is 10.2 Å². The molecule has 136 valence electrons. The molecule has 3 N–H and O–H groups in total. The topological polar surface area (TPSA) is 97.4 Å². The SMILES string of the molecule is O=C(Nc1ccccc1)Nc1ccc(Nc2ccc3c(c2)OCCO3)nn1. The summed E-state index contributed by atoms with van der Waals surface area (Å²) in [6.07, 6.45) is 0.